The number of ether oxygens (including phenoxy) is 1. The van der Waals surface area contributed by atoms with Crippen molar-refractivity contribution in [3.8, 4) is 0 Å². The molecule has 0 amide bonds. The van der Waals surface area contributed by atoms with Crippen LogP contribution in [0.3, 0.4) is 0 Å². The van der Waals surface area contributed by atoms with Crippen LogP contribution in [0.1, 0.15) is 0 Å². The first kappa shape index (κ1) is 12.7. The first-order chi connectivity index (χ1) is 9.10. The summed E-state index contributed by atoms with van der Waals surface area (Å²) in [7, 11) is 0. The smallest absolute Gasteiger partial charge is 0.277 e. The molecular formula is C10H14N4O4S. The lowest BCUT2D eigenvalue weighted by atomic mass is 9.99. The number of hydrogen-bond donors (Lipinski definition) is 5. The SMILES string of the molecule is CSc1nc2c(c(=O)[nH]1)N[C@@H]1[C@@H](O)[C@@H](O)CO[C@@H]1N2. The maximum atomic E-state index is 11.9. The molecule has 0 saturated carbocycles. The molecule has 0 radical (unpaired) electrons. The van der Waals surface area contributed by atoms with Crippen molar-refractivity contribution in [2.24, 2.45) is 0 Å². The van der Waals surface area contributed by atoms with E-state index in [1.165, 1.54) is 11.8 Å². The molecular weight excluding hydrogens is 272 g/mol. The molecule has 0 bridgehead atoms. The van der Waals surface area contributed by atoms with Crippen molar-refractivity contribution < 1.29 is 14.9 Å². The van der Waals surface area contributed by atoms with Gasteiger partial charge >= 0.3 is 0 Å². The predicted molar refractivity (Wildman–Crippen MR) is 69.4 cm³/mol. The van der Waals surface area contributed by atoms with Gasteiger partial charge in [0.2, 0.25) is 0 Å². The van der Waals surface area contributed by atoms with Crippen LogP contribution in [0.4, 0.5) is 11.5 Å². The molecule has 9 heteroatoms. The van der Waals surface area contributed by atoms with Crippen LogP contribution in [-0.4, -0.2) is 57.5 Å². The largest absolute Gasteiger partial charge is 0.388 e. The number of aliphatic hydroxyl groups excluding tert-OH is 2. The molecule has 2 aliphatic heterocycles. The zero-order valence-electron chi connectivity index (χ0n) is 10.1. The lowest BCUT2D eigenvalue weighted by Gasteiger charge is -2.42. The second-order valence-electron chi connectivity index (χ2n) is 4.43. The Kier molecular flexibility index (Phi) is 3.13. The third kappa shape index (κ3) is 2.08. The van der Waals surface area contributed by atoms with E-state index in [4.69, 9.17) is 4.74 Å². The summed E-state index contributed by atoms with van der Waals surface area (Å²) in [6.45, 7) is 0.0327. The first-order valence-electron chi connectivity index (χ1n) is 5.79. The number of nitrogens with one attached hydrogen (secondary N) is 3. The Labute approximate surface area is 112 Å². The highest BCUT2D eigenvalue weighted by Gasteiger charge is 2.42. The van der Waals surface area contributed by atoms with Crippen molar-refractivity contribution in [3.05, 3.63) is 10.4 Å². The van der Waals surface area contributed by atoms with Gasteiger partial charge < -0.3 is 25.6 Å². The maximum absolute atomic E-state index is 11.9. The second-order valence-corrected chi connectivity index (χ2v) is 5.22. The number of aliphatic hydroxyl groups is 2. The molecule has 3 rings (SSSR count). The molecule has 1 saturated heterocycles. The minimum atomic E-state index is -1.01. The lowest BCUT2D eigenvalue weighted by Crippen LogP contribution is -2.61. The summed E-state index contributed by atoms with van der Waals surface area (Å²) >= 11 is 1.32. The van der Waals surface area contributed by atoms with Crippen LogP contribution >= 0.6 is 11.8 Å². The maximum Gasteiger partial charge on any atom is 0.277 e. The number of thioether (sulfide) groups is 1. The van der Waals surface area contributed by atoms with E-state index < -0.39 is 24.5 Å². The highest BCUT2D eigenvalue weighted by Crippen LogP contribution is 2.29. The molecule has 0 aromatic carbocycles. The van der Waals surface area contributed by atoms with Crippen molar-refractivity contribution in [1.82, 2.24) is 9.97 Å². The summed E-state index contributed by atoms with van der Waals surface area (Å²) in [6.07, 6.45) is -0.718. The van der Waals surface area contributed by atoms with Gasteiger partial charge in [0.15, 0.2) is 17.2 Å². The summed E-state index contributed by atoms with van der Waals surface area (Å²) in [5.41, 5.74) is -0.0802. The average molecular weight is 286 g/mol. The van der Waals surface area contributed by atoms with Gasteiger partial charge in [0.25, 0.3) is 5.56 Å². The van der Waals surface area contributed by atoms with E-state index in [1.807, 2.05) is 0 Å². The topological polar surface area (TPSA) is 120 Å². The minimum Gasteiger partial charge on any atom is -0.388 e. The molecule has 5 N–H and O–H groups in total. The van der Waals surface area contributed by atoms with Crippen molar-refractivity contribution in [1.29, 1.82) is 0 Å². The first-order valence-corrected chi connectivity index (χ1v) is 7.01. The zero-order valence-corrected chi connectivity index (χ0v) is 10.9. The number of nitrogens with zero attached hydrogens (tertiary/aromatic N) is 1. The van der Waals surface area contributed by atoms with E-state index in [-0.39, 0.29) is 17.9 Å². The Morgan fingerprint density at radius 2 is 2.21 bits per heavy atom. The Hall–Kier alpha value is -1.29. The summed E-state index contributed by atoms with van der Waals surface area (Å²) in [5.74, 6) is 0.387. The van der Waals surface area contributed by atoms with Crippen LogP contribution in [0.5, 0.6) is 0 Å². The van der Waals surface area contributed by atoms with Gasteiger partial charge in [-0.3, -0.25) is 9.78 Å². The van der Waals surface area contributed by atoms with Crippen LogP contribution in [-0.2, 0) is 4.74 Å². The van der Waals surface area contributed by atoms with Gasteiger partial charge in [-0.05, 0) is 6.26 Å². The number of aromatic amines is 1. The van der Waals surface area contributed by atoms with Crippen molar-refractivity contribution >= 4 is 23.3 Å². The Morgan fingerprint density at radius 3 is 2.95 bits per heavy atom. The number of anilines is 2. The normalized spacial score (nSPS) is 32.8. The standard InChI is InChI=1S/C10H14N4O4S/c1-19-10-13-7-5(8(17)14-10)11-4-6(16)3(15)2-18-9(4)12-7/h3-4,6,9,11,15-16H,2H2,1H3,(H2,12,13,14,17)/t3-,4+,6-,9-/m0/s1. The molecule has 1 aromatic heterocycles. The highest BCUT2D eigenvalue weighted by molar-refractivity contribution is 7.98. The third-order valence-corrected chi connectivity index (χ3v) is 3.80. The number of rotatable bonds is 1. The van der Waals surface area contributed by atoms with Crippen LogP contribution in [0.25, 0.3) is 0 Å². The Morgan fingerprint density at radius 1 is 1.42 bits per heavy atom. The van der Waals surface area contributed by atoms with Crippen molar-refractivity contribution in [2.45, 2.75) is 29.6 Å². The van der Waals surface area contributed by atoms with Crippen LogP contribution in [0, 0.1) is 0 Å². The highest BCUT2D eigenvalue weighted by atomic mass is 32.2. The average Bonchev–Trinajstić information content (AvgIpc) is 2.41. The minimum absolute atomic E-state index is 0.0327. The second kappa shape index (κ2) is 4.67. The van der Waals surface area contributed by atoms with Crippen LogP contribution in [0.2, 0.25) is 0 Å². The van der Waals surface area contributed by atoms with E-state index >= 15 is 0 Å². The van der Waals surface area contributed by atoms with Gasteiger partial charge in [-0.25, -0.2) is 4.98 Å². The molecule has 0 unspecified atom stereocenters. The van der Waals surface area contributed by atoms with E-state index in [9.17, 15) is 15.0 Å². The molecule has 4 atom stereocenters. The van der Waals surface area contributed by atoms with Crippen LogP contribution in [0.15, 0.2) is 9.95 Å². The quantitative estimate of drug-likeness (QED) is 0.322. The summed E-state index contributed by atoms with van der Waals surface area (Å²) in [5, 5.41) is 25.8. The Bertz CT molecular complexity index is 551. The summed E-state index contributed by atoms with van der Waals surface area (Å²) in [4.78, 5) is 18.8. The molecule has 3 heterocycles. The molecule has 1 aromatic rings. The molecule has 2 aliphatic rings. The number of fused-ring (bicyclic) bond motifs is 2. The molecule has 0 aliphatic carbocycles. The Balaban J connectivity index is 1.98. The molecule has 104 valence electrons. The van der Waals surface area contributed by atoms with Crippen molar-refractivity contribution in [2.75, 3.05) is 23.5 Å². The van der Waals surface area contributed by atoms with Gasteiger partial charge in [0.1, 0.15) is 17.9 Å². The fourth-order valence-corrected chi connectivity index (χ4v) is 2.58. The molecule has 1 fully saturated rings. The molecule has 8 nitrogen and oxygen atoms in total. The van der Waals surface area contributed by atoms with Gasteiger partial charge in [0.05, 0.1) is 12.6 Å². The zero-order chi connectivity index (χ0) is 13.6. The molecule has 19 heavy (non-hydrogen) atoms. The lowest BCUT2D eigenvalue weighted by molar-refractivity contribution is -0.121. The van der Waals surface area contributed by atoms with E-state index in [0.29, 0.717) is 11.0 Å². The fraction of sp³-hybridized carbons (Fsp3) is 0.600. The van der Waals surface area contributed by atoms with Gasteiger partial charge in [-0.2, -0.15) is 0 Å². The van der Waals surface area contributed by atoms with Crippen molar-refractivity contribution in [3.63, 3.8) is 0 Å². The van der Waals surface area contributed by atoms with Gasteiger partial charge in [-0.1, -0.05) is 11.8 Å². The summed E-state index contributed by atoms with van der Waals surface area (Å²) < 4.78 is 5.39. The van der Waals surface area contributed by atoms with E-state index in [1.54, 1.807) is 6.26 Å². The summed E-state index contributed by atoms with van der Waals surface area (Å²) in [6, 6.07) is -0.598. The number of hydrogen-bond acceptors (Lipinski definition) is 8. The molecule has 0 spiro atoms. The number of aromatic nitrogens is 2. The number of H-pyrrole nitrogens is 1. The van der Waals surface area contributed by atoms with Gasteiger partial charge in [-0.15, -0.1) is 0 Å². The van der Waals surface area contributed by atoms with E-state index in [0.717, 1.165) is 0 Å². The van der Waals surface area contributed by atoms with Crippen LogP contribution < -0.4 is 16.2 Å². The predicted octanol–water partition coefficient (Wildman–Crippen LogP) is -1.22. The monoisotopic (exact) mass is 286 g/mol. The fourth-order valence-electron chi connectivity index (χ4n) is 2.20. The third-order valence-electron chi connectivity index (χ3n) is 3.22. The van der Waals surface area contributed by atoms with Gasteiger partial charge in [0, 0.05) is 0 Å². The van der Waals surface area contributed by atoms with E-state index in [2.05, 4.69) is 20.6 Å².